The minimum Gasteiger partial charge on any atom is -0.278 e. The number of likely N-dealkylation sites (tertiary alicyclic amines) is 1. The molecule has 1 aromatic carbocycles. The molecule has 7 heteroatoms. The van der Waals surface area contributed by atoms with Crippen molar-refractivity contribution < 1.29 is 4.76 Å². The van der Waals surface area contributed by atoms with Gasteiger partial charge < -0.3 is 0 Å². The largest absolute Gasteiger partial charge is 0.329 e. The molecule has 3 aliphatic rings. The highest BCUT2D eigenvalue weighted by Gasteiger charge is 2.45. The normalized spacial score (nSPS) is 22.7. The quantitative estimate of drug-likeness (QED) is 0.797. The van der Waals surface area contributed by atoms with E-state index in [0.717, 1.165) is 40.6 Å². The molecule has 0 aliphatic carbocycles. The van der Waals surface area contributed by atoms with E-state index in [4.69, 9.17) is 0 Å². The van der Waals surface area contributed by atoms with Crippen molar-refractivity contribution in [3.63, 3.8) is 0 Å². The molecule has 0 spiro atoms. The fraction of sp³-hybridized carbons (Fsp3) is 0.368. The van der Waals surface area contributed by atoms with Crippen LogP contribution in [-0.4, -0.2) is 44.3 Å². The van der Waals surface area contributed by atoms with E-state index in [1.165, 1.54) is 12.8 Å². The molecule has 1 aromatic heterocycles. The molecular weight excluding hydrogens is 328 g/mol. The molecule has 1 atom stereocenters. The van der Waals surface area contributed by atoms with Crippen molar-refractivity contribution in [1.29, 1.82) is 0 Å². The Morgan fingerprint density at radius 2 is 1.96 bits per heavy atom. The monoisotopic (exact) mass is 349 g/mol. The Labute approximate surface area is 151 Å². The second-order valence-corrected chi connectivity index (χ2v) is 6.97. The molecule has 1 saturated heterocycles. The lowest BCUT2D eigenvalue weighted by atomic mass is 10.1. The zero-order chi connectivity index (χ0) is 17.5. The molecule has 2 aromatic rings. The van der Waals surface area contributed by atoms with Crippen LogP contribution in [0, 0.1) is 4.91 Å². The van der Waals surface area contributed by atoms with Crippen LogP contribution < -0.4 is 4.90 Å². The first-order valence-corrected chi connectivity index (χ1v) is 9.14. The zero-order valence-corrected chi connectivity index (χ0v) is 14.5. The molecule has 0 amide bonds. The molecular formula is C19H21N6O+. The van der Waals surface area contributed by atoms with Crippen LogP contribution >= 0.6 is 0 Å². The Morgan fingerprint density at radius 1 is 1.15 bits per heavy atom. The maximum Gasteiger partial charge on any atom is 0.329 e. The smallest absolute Gasteiger partial charge is 0.278 e. The highest BCUT2D eigenvalue weighted by molar-refractivity contribution is 5.52. The SMILES string of the molecule is O=[N+]1CC=CC2=C1N(Cc1ccccc1)c1cnnn1C2N1CCCC1. The van der Waals surface area contributed by atoms with E-state index < -0.39 is 0 Å². The number of rotatable bonds is 3. The summed E-state index contributed by atoms with van der Waals surface area (Å²) >= 11 is 0. The number of anilines is 1. The minimum atomic E-state index is -0.0509. The fourth-order valence-corrected chi connectivity index (χ4v) is 4.18. The summed E-state index contributed by atoms with van der Waals surface area (Å²) in [4.78, 5) is 17.3. The Kier molecular flexibility index (Phi) is 3.67. The van der Waals surface area contributed by atoms with Crippen LogP contribution in [0.1, 0.15) is 24.6 Å². The number of hydrogen-bond acceptors (Lipinski definition) is 5. The first-order chi connectivity index (χ1) is 12.8. The van der Waals surface area contributed by atoms with Crippen molar-refractivity contribution in [2.45, 2.75) is 25.6 Å². The van der Waals surface area contributed by atoms with Crippen molar-refractivity contribution in [2.24, 2.45) is 0 Å². The first kappa shape index (κ1) is 15.5. The third-order valence-electron chi connectivity index (χ3n) is 5.33. The van der Waals surface area contributed by atoms with E-state index in [1.807, 2.05) is 33.9 Å². The van der Waals surface area contributed by atoms with E-state index in [-0.39, 0.29) is 6.17 Å². The van der Waals surface area contributed by atoms with Crippen LogP contribution in [0.25, 0.3) is 0 Å². The minimum absolute atomic E-state index is 0.0509. The average Bonchev–Trinajstić information content (AvgIpc) is 3.34. The zero-order valence-electron chi connectivity index (χ0n) is 14.5. The summed E-state index contributed by atoms with van der Waals surface area (Å²) in [6, 6.07) is 10.2. The topological polar surface area (TPSA) is 57.3 Å². The highest BCUT2D eigenvalue weighted by Crippen LogP contribution is 2.40. The van der Waals surface area contributed by atoms with Gasteiger partial charge in [-0.05, 0) is 35.3 Å². The van der Waals surface area contributed by atoms with Crippen molar-refractivity contribution in [2.75, 3.05) is 24.5 Å². The average molecular weight is 349 g/mol. The van der Waals surface area contributed by atoms with Crippen LogP contribution in [0.3, 0.4) is 0 Å². The van der Waals surface area contributed by atoms with Gasteiger partial charge >= 0.3 is 5.82 Å². The van der Waals surface area contributed by atoms with E-state index in [2.05, 4.69) is 33.4 Å². The summed E-state index contributed by atoms with van der Waals surface area (Å²) in [6.45, 7) is 3.03. The van der Waals surface area contributed by atoms with E-state index >= 15 is 0 Å². The summed E-state index contributed by atoms with van der Waals surface area (Å²) in [5, 5.41) is 8.56. The van der Waals surface area contributed by atoms with Gasteiger partial charge in [0.25, 0.3) is 0 Å². The molecule has 0 radical (unpaired) electrons. The lowest BCUT2D eigenvalue weighted by Gasteiger charge is -2.35. The van der Waals surface area contributed by atoms with E-state index in [9.17, 15) is 4.91 Å². The van der Waals surface area contributed by atoms with Gasteiger partial charge in [-0.15, -0.1) is 5.10 Å². The number of fused-ring (bicyclic) bond motifs is 1. The van der Waals surface area contributed by atoms with E-state index in [1.54, 1.807) is 6.20 Å². The summed E-state index contributed by atoms with van der Waals surface area (Å²) in [6.07, 6.45) is 8.11. The molecule has 5 rings (SSSR count). The van der Waals surface area contributed by atoms with Crippen molar-refractivity contribution >= 4 is 5.82 Å². The van der Waals surface area contributed by atoms with Gasteiger partial charge in [-0.2, -0.15) is 4.68 Å². The summed E-state index contributed by atoms with van der Waals surface area (Å²) in [5.41, 5.74) is 2.16. The van der Waals surface area contributed by atoms with Crippen LogP contribution in [0.2, 0.25) is 0 Å². The van der Waals surface area contributed by atoms with Gasteiger partial charge in [0.05, 0.1) is 5.57 Å². The molecule has 4 heterocycles. The molecule has 132 valence electrons. The maximum atomic E-state index is 12.8. The van der Waals surface area contributed by atoms with Crippen LogP contribution in [0.15, 0.2) is 60.1 Å². The summed E-state index contributed by atoms with van der Waals surface area (Å²) in [5.74, 6) is 1.60. The van der Waals surface area contributed by atoms with E-state index in [0.29, 0.717) is 13.1 Å². The van der Waals surface area contributed by atoms with Gasteiger partial charge in [0.2, 0.25) is 5.82 Å². The maximum absolute atomic E-state index is 12.8. The Hall–Kier alpha value is -2.80. The Morgan fingerprint density at radius 3 is 2.77 bits per heavy atom. The number of nitrogens with zero attached hydrogens (tertiary/aromatic N) is 6. The van der Waals surface area contributed by atoms with Crippen LogP contribution in [0.4, 0.5) is 5.82 Å². The van der Waals surface area contributed by atoms with Gasteiger partial charge in [0, 0.05) is 13.1 Å². The van der Waals surface area contributed by atoms with Gasteiger partial charge in [-0.25, -0.2) is 4.90 Å². The first-order valence-electron chi connectivity index (χ1n) is 9.14. The lowest BCUT2D eigenvalue weighted by Crippen LogP contribution is -2.44. The second kappa shape index (κ2) is 6.17. The van der Waals surface area contributed by atoms with Crippen LogP contribution in [0.5, 0.6) is 0 Å². The standard InChI is InChI=1S/C19H21N6O/c26-24-12-6-9-16-18(22-10-4-5-11-22)25-17(13-20-21-25)23(19(16)24)14-15-7-2-1-3-8-15/h1-3,6-9,13,18H,4-5,10-12,14H2/q+1. The van der Waals surface area contributed by atoms with Crippen molar-refractivity contribution in [3.8, 4) is 0 Å². The second-order valence-electron chi connectivity index (χ2n) is 6.97. The lowest BCUT2D eigenvalue weighted by molar-refractivity contribution is -0.493. The predicted molar refractivity (Wildman–Crippen MR) is 97.2 cm³/mol. The summed E-state index contributed by atoms with van der Waals surface area (Å²) in [7, 11) is 0. The van der Waals surface area contributed by atoms with Gasteiger partial charge in [-0.3, -0.25) is 4.90 Å². The van der Waals surface area contributed by atoms with Gasteiger partial charge in [-0.1, -0.05) is 40.5 Å². The molecule has 1 fully saturated rings. The fourth-order valence-electron chi connectivity index (χ4n) is 4.18. The van der Waals surface area contributed by atoms with Gasteiger partial charge in [0.15, 0.2) is 6.54 Å². The van der Waals surface area contributed by atoms with Crippen molar-refractivity contribution in [1.82, 2.24) is 19.9 Å². The number of benzene rings is 1. The third-order valence-corrected chi connectivity index (χ3v) is 5.33. The molecule has 1 unspecified atom stereocenters. The third kappa shape index (κ3) is 2.39. The number of nitroso groups, excluding NO2 is 1. The van der Waals surface area contributed by atoms with Crippen LogP contribution in [-0.2, 0) is 6.54 Å². The number of aromatic nitrogens is 3. The highest BCUT2D eigenvalue weighted by atomic mass is 16.3. The number of hydrogen-bond donors (Lipinski definition) is 0. The molecule has 0 saturated carbocycles. The molecule has 26 heavy (non-hydrogen) atoms. The molecule has 0 N–H and O–H groups in total. The Balaban J connectivity index is 1.64. The molecule has 7 nitrogen and oxygen atoms in total. The summed E-state index contributed by atoms with van der Waals surface area (Å²) < 4.78 is 3.06. The molecule has 0 bridgehead atoms. The predicted octanol–water partition coefficient (Wildman–Crippen LogP) is 2.45. The Bertz CT molecular complexity index is 894. The van der Waals surface area contributed by atoms with Crippen molar-refractivity contribution in [3.05, 3.63) is 70.5 Å². The van der Waals surface area contributed by atoms with Gasteiger partial charge in [0.1, 0.15) is 18.9 Å². The molecule has 3 aliphatic heterocycles.